The van der Waals surface area contributed by atoms with Crippen LogP contribution in [0.15, 0.2) is 14.4 Å². The standard InChI is InChI=1S/C17H33N3O6Si.C6H18O3Si2.3C4H12Si.C4H10.4H2O/c1-6-8-11-18-15(21)19(12-9-7-2)17(23)20(16(18)22)13-10-14-27(24-3,25-4)26-5;1-7-11(8-2,9-3)6-5-10-4;3*1-3-4-5-2;1-3-4-2;;;;/h6-14H2,1-5H3;5-6,10H2,1-4H3;3*3-5H2,1-2H3;3-4H2,1-2H3;4*1H2. The summed E-state index contributed by atoms with van der Waals surface area (Å²) in [5.74, 6) is 0. The van der Waals surface area contributed by atoms with Crippen molar-refractivity contribution in [2.45, 2.75) is 195 Å². The van der Waals surface area contributed by atoms with Gasteiger partial charge in [-0.15, -0.1) is 0 Å². The summed E-state index contributed by atoms with van der Waals surface area (Å²) in [5.41, 5.74) is -1.62. The smallest absolute Gasteiger partial charge is 0.412 e. The van der Waals surface area contributed by atoms with E-state index in [-0.39, 0.29) is 38.0 Å². The minimum atomic E-state index is -2.78. The summed E-state index contributed by atoms with van der Waals surface area (Å²) in [5, 5.41) is 0. The molecular weight excluding hydrogens is 887 g/mol. The molecule has 0 aliphatic heterocycles. The summed E-state index contributed by atoms with van der Waals surface area (Å²) in [4.78, 5) is 38.1. The normalized spacial score (nSPS) is 10.8. The van der Waals surface area contributed by atoms with Crippen LogP contribution in [-0.2, 0) is 46.2 Å². The molecule has 0 bridgehead atoms. The highest BCUT2D eigenvalue weighted by molar-refractivity contribution is 6.61. The topological polar surface area (TPSA) is 247 Å². The predicted molar refractivity (Wildman–Crippen MR) is 280 cm³/mol. The van der Waals surface area contributed by atoms with Crippen molar-refractivity contribution >= 4 is 55.7 Å². The van der Waals surface area contributed by atoms with Gasteiger partial charge in [-0.3, -0.25) is 0 Å². The molecule has 16 nitrogen and oxygen atoms in total. The van der Waals surface area contributed by atoms with E-state index < -0.39 is 34.7 Å². The largest absolute Gasteiger partial charge is 0.500 e. The minimum absolute atomic E-state index is 0. The first kappa shape index (κ1) is 80.6. The highest BCUT2D eigenvalue weighted by atomic mass is 28.4. The van der Waals surface area contributed by atoms with Crippen molar-refractivity contribution in [3.63, 3.8) is 0 Å². The molecule has 8 N–H and O–H groups in total. The molecule has 0 amide bonds. The van der Waals surface area contributed by atoms with Crippen LogP contribution in [0.4, 0.5) is 0 Å². The van der Waals surface area contributed by atoms with Crippen LogP contribution in [0.25, 0.3) is 0 Å². The summed E-state index contributed by atoms with van der Waals surface area (Å²) < 4.78 is 35.4. The fraction of sp³-hybridized carbons (Fsp3) is 0.923. The van der Waals surface area contributed by atoms with Crippen LogP contribution in [0.2, 0.25) is 62.5 Å². The molecule has 378 valence electrons. The van der Waals surface area contributed by atoms with Crippen molar-refractivity contribution in [1.82, 2.24) is 13.7 Å². The molecule has 0 spiro atoms. The second kappa shape index (κ2) is 59.3. The highest BCUT2D eigenvalue weighted by Gasteiger charge is 2.37. The van der Waals surface area contributed by atoms with Crippen LogP contribution in [-0.4, -0.2) is 134 Å². The first-order valence-electron chi connectivity index (χ1n) is 22.6. The van der Waals surface area contributed by atoms with Crippen LogP contribution in [0.1, 0.15) is 113 Å². The molecular formula is C39H105N3O13Si6. The lowest BCUT2D eigenvalue weighted by molar-refractivity contribution is 0.122. The molecule has 1 rings (SSSR count). The summed E-state index contributed by atoms with van der Waals surface area (Å²) in [6.45, 7) is 25.2. The Bertz CT molecular complexity index is 1060. The first-order chi connectivity index (χ1) is 27.3. The van der Waals surface area contributed by atoms with Crippen LogP contribution >= 0.6 is 0 Å². The molecule has 22 heteroatoms. The van der Waals surface area contributed by atoms with E-state index in [4.69, 9.17) is 26.6 Å². The summed E-state index contributed by atoms with van der Waals surface area (Å²) >= 11 is 0. The van der Waals surface area contributed by atoms with Gasteiger partial charge in [0.15, 0.2) is 0 Å². The van der Waals surface area contributed by atoms with E-state index in [0.29, 0.717) is 67.0 Å². The number of nitrogens with zero attached hydrogens (tertiary/aromatic N) is 3. The molecule has 0 saturated carbocycles. The summed E-state index contributed by atoms with van der Waals surface area (Å²) in [6, 6.07) is 7.26. The fourth-order valence-corrected chi connectivity index (χ4v) is 13.0. The molecule has 0 atom stereocenters. The minimum Gasteiger partial charge on any atom is -0.412 e. The number of hydrogen-bond acceptors (Lipinski definition) is 9. The molecule has 1 aromatic rings. The second-order valence-corrected chi connectivity index (χ2v) is 26.9. The van der Waals surface area contributed by atoms with Gasteiger partial charge >= 0.3 is 34.7 Å². The van der Waals surface area contributed by atoms with E-state index in [9.17, 15) is 14.4 Å². The molecule has 61 heavy (non-hydrogen) atoms. The molecule has 1 heterocycles. The van der Waals surface area contributed by atoms with Gasteiger partial charge in [-0.05, 0) is 19.3 Å². The summed E-state index contributed by atoms with van der Waals surface area (Å²) in [7, 11) is 5.92. The third-order valence-corrected chi connectivity index (χ3v) is 20.7. The SMILES string of the molecule is CCCC.CCCCn1c(=O)n(CCCC)c(=O)n(CCC[Si](OC)(OC)OC)c1=O.CCC[SiH2]C.CCC[SiH2]C.CCC[SiH2]C.CO[Si](CC[SiH2]C)(OC)OC.O.O.O.O. The van der Waals surface area contributed by atoms with Crippen LogP contribution in [0, 0.1) is 0 Å². The lowest BCUT2D eigenvalue weighted by Gasteiger charge is -2.24. The van der Waals surface area contributed by atoms with Crippen molar-refractivity contribution < 1.29 is 48.5 Å². The first-order valence-corrected chi connectivity index (χ1v) is 36.1. The van der Waals surface area contributed by atoms with Crippen molar-refractivity contribution in [1.29, 1.82) is 0 Å². The molecule has 0 fully saturated rings. The quantitative estimate of drug-likeness (QED) is 0.124. The van der Waals surface area contributed by atoms with Crippen molar-refractivity contribution in [2.24, 2.45) is 0 Å². The molecule has 0 unspecified atom stereocenters. The van der Waals surface area contributed by atoms with Crippen LogP contribution in [0.5, 0.6) is 0 Å². The highest BCUT2D eigenvalue weighted by Crippen LogP contribution is 2.15. The van der Waals surface area contributed by atoms with Crippen LogP contribution < -0.4 is 17.1 Å². The zero-order valence-corrected chi connectivity index (χ0v) is 50.4. The second-order valence-electron chi connectivity index (χ2n) is 13.9. The third kappa shape index (κ3) is 41.7. The van der Waals surface area contributed by atoms with Gasteiger partial charge in [0, 0.05) is 112 Å². The lowest BCUT2D eigenvalue weighted by atomic mass is 10.3. The summed E-state index contributed by atoms with van der Waals surface area (Å²) in [6.07, 6.45) is 10.4. The Labute approximate surface area is 385 Å². The van der Waals surface area contributed by atoms with Crippen molar-refractivity contribution in [3.05, 3.63) is 31.5 Å². The molecule has 0 aliphatic rings. The van der Waals surface area contributed by atoms with Gasteiger partial charge in [-0.2, -0.15) is 0 Å². The molecule has 1 aromatic heterocycles. The van der Waals surface area contributed by atoms with Gasteiger partial charge in [0.1, 0.15) is 0 Å². The lowest BCUT2D eigenvalue weighted by Crippen LogP contribution is -2.54. The van der Waals surface area contributed by atoms with E-state index in [2.05, 4.69) is 60.8 Å². The maximum atomic E-state index is 12.7. The Morgan fingerprint density at radius 3 is 0.803 bits per heavy atom. The van der Waals surface area contributed by atoms with Crippen molar-refractivity contribution in [3.8, 4) is 0 Å². The van der Waals surface area contributed by atoms with E-state index in [0.717, 1.165) is 23.5 Å². The number of hydrogen-bond donors (Lipinski definition) is 0. The van der Waals surface area contributed by atoms with Gasteiger partial charge in [0.05, 0.1) is 0 Å². The maximum absolute atomic E-state index is 12.7. The van der Waals surface area contributed by atoms with E-state index in [1.807, 2.05) is 13.8 Å². The zero-order valence-electron chi connectivity index (χ0n) is 42.8. The maximum Gasteiger partial charge on any atom is 0.500 e. The molecule has 0 radical (unpaired) electrons. The molecule has 0 aromatic carbocycles. The van der Waals surface area contributed by atoms with Gasteiger partial charge in [-0.1, -0.05) is 144 Å². The molecule has 0 aliphatic carbocycles. The van der Waals surface area contributed by atoms with Crippen molar-refractivity contribution in [2.75, 3.05) is 42.7 Å². The van der Waals surface area contributed by atoms with E-state index in [1.165, 1.54) is 86.7 Å². The Morgan fingerprint density at radius 1 is 0.377 bits per heavy atom. The average Bonchev–Trinajstić information content (AvgIpc) is 3.23. The van der Waals surface area contributed by atoms with Crippen LogP contribution in [0.3, 0.4) is 0 Å². The number of rotatable bonds is 26. The predicted octanol–water partition coefficient (Wildman–Crippen LogP) is 3.14. The zero-order chi connectivity index (χ0) is 45.0. The number of unbranched alkanes of at least 4 members (excludes halogenated alkanes) is 3. The number of aromatic nitrogens is 3. The Balaban J connectivity index is -0.0000000937. The Hall–Kier alpha value is -0.689. The Morgan fingerprint density at radius 2 is 0.623 bits per heavy atom. The van der Waals surface area contributed by atoms with E-state index in [1.54, 1.807) is 21.3 Å². The molecule has 0 saturated heterocycles. The van der Waals surface area contributed by atoms with Gasteiger partial charge in [0.2, 0.25) is 0 Å². The fourth-order valence-electron chi connectivity index (χ4n) is 4.91. The van der Waals surface area contributed by atoms with Gasteiger partial charge < -0.3 is 48.5 Å². The third-order valence-electron chi connectivity index (χ3n) is 9.04. The Kier molecular flexibility index (Phi) is 78.4. The van der Waals surface area contributed by atoms with Gasteiger partial charge in [0.25, 0.3) is 0 Å². The van der Waals surface area contributed by atoms with E-state index >= 15 is 0 Å². The monoisotopic (exact) mass is 992 g/mol. The average molecular weight is 993 g/mol. The van der Waals surface area contributed by atoms with Gasteiger partial charge in [-0.25, -0.2) is 28.1 Å².